The first-order chi connectivity index (χ1) is 9.95. The highest BCUT2D eigenvalue weighted by Gasteiger charge is 2.22. The number of carbonyl (C=O) groups is 2. The third kappa shape index (κ3) is 5.42. The standard InChI is InChI=1S/C17H24N2O2/c1-5-10-18-17(21)15(11-12(2)3)19-16(20)14-9-7-6-8-13(14)4/h5-9,12,15H,1,10-11H2,2-4H3,(H,18,21)(H,19,20)/t15-/m1/s1. The van der Waals surface area contributed by atoms with Crippen LogP contribution >= 0.6 is 0 Å². The van der Waals surface area contributed by atoms with Gasteiger partial charge in [-0.1, -0.05) is 38.1 Å². The van der Waals surface area contributed by atoms with E-state index in [0.717, 1.165) is 5.56 Å². The maximum atomic E-state index is 12.3. The summed E-state index contributed by atoms with van der Waals surface area (Å²) in [7, 11) is 0. The maximum absolute atomic E-state index is 12.3. The smallest absolute Gasteiger partial charge is 0.252 e. The molecule has 0 unspecified atom stereocenters. The van der Waals surface area contributed by atoms with Crippen LogP contribution in [0.3, 0.4) is 0 Å². The molecule has 0 spiro atoms. The minimum absolute atomic E-state index is 0.175. The highest BCUT2D eigenvalue weighted by atomic mass is 16.2. The number of hydrogen-bond donors (Lipinski definition) is 2. The van der Waals surface area contributed by atoms with Gasteiger partial charge in [-0.25, -0.2) is 0 Å². The average Bonchev–Trinajstić information content (AvgIpc) is 2.43. The van der Waals surface area contributed by atoms with Gasteiger partial charge in [-0.05, 0) is 30.9 Å². The van der Waals surface area contributed by atoms with Crippen molar-refractivity contribution < 1.29 is 9.59 Å². The second-order valence-corrected chi connectivity index (χ2v) is 5.50. The zero-order chi connectivity index (χ0) is 15.8. The van der Waals surface area contributed by atoms with E-state index >= 15 is 0 Å². The second-order valence-electron chi connectivity index (χ2n) is 5.50. The molecule has 0 saturated carbocycles. The van der Waals surface area contributed by atoms with Crippen molar-refractivity contribution in [3.05, 3.63) is 48.0 Å². The fourth-order valence-electron chi connectivity index (χ4n) is 2.06. The van der Waals surface area contributed by atoms with Crippen LogP contribution in [0.2, 0.25) is 0 Å². The highest BCUT2D eigenvalue weighted by molar-refractivity contribution is 5.98. The molecule has 4 nitrogen and oxygen atoms in total. The van der Waals surface area contributed by atoms with Crippen molar-refractivity contribution in [2.45, 2.75) is 33.2 Å². The number of benzene rings is 1. The minimum atomic E-state index is -0.531. The molecule has 4 heteroatoms. The fraction of sp³-hybridized carbons (Fsp3) is 0.412. The predicted octanol–water partition coefficient (Wildman–Crippen LogP) is 2.44. The molecule has 0 heterocycles. The van der Waals surface area contributed by atoms with Gasteiger partial charge < -0.3 is 10.6 Å². The van der Waals surface area contributed by atoms with Crippen LogP contribution in [0.4, 0.5) is 0 Å². The lowest BCUT2D eigenvalue weighted by molar-refractivity contribution is -0.123. The van der Waals surface area contributed by atoms with Gasteiger partial charge >= 0.3 is 0 Å². The van der Waals surface area contributed by atoms with Crippen molar-refractivity contribution in [3.63, 3.8) is 0 Å². The third-order valence-corrected chi connectivity index (χ3v) is 3.14. The van der Waals surface area contributed by atoms with E-state index in [9.17, 15) is 9.59 Å². The molecule has 114 valence electrons. The molecule has 0 radical (unpaired) electrons. The topological polar surface area (TPSA) is 58.2 Å². The molecule has 0 aromatic heterocycles. The molecule has 1 aromatic carbocycles. The summed E-state index contributed by atoms with van der Waals surface area (Å²) in [6.45, 7) is 9.89. The van der Waals surface area contributed by atoms with Crippen molar-refractivity contribution in [1.29, 1.82) is 0 Å². The van der Waals surface area contributed by atoms with Crippen LogP contribution in [0.25, 0.3) is 0 Å². The predicted molar refractivity (Wildman–Crippen MR) is 85.1 cm³/mol. The van der Waals surface area contributed by atoms with E-state index in [1.165, 1.54) is 0 Å². The maximum Gasteiger partial charge on any atom is 0.252 e. The molecule has 2 amide bonds. The van der Waals surface area contributed by atoms with Gasteiger partial charge in [0.15, 0.2) is 0 Å². The van der Waals surface area contributed by atoms with E-state index in [1.807, 2.05) is 39.0 Å². The minimum Gasteiger partial charge on any atom is -0.351 e. The first kappa shape index (κ1) is 17.0. The Bertz CT molecular complexity index is 509. The van der Waals surface area contributed by atoms with E-state index in [-0.39, 0.29) is 11.8 Å². The van der Waals surface area contributed by atoms with E-state index in [4.69, 9.17) is 0 Å². The van der Waals surface area contributed by atoms with Crippen LogP contribution in [-0.4, -0.2) is 24.4 Å². The molecule has 2 N–H and O–H groups in total. The molecule has 0 aliphatic heterocycles. The van der Waals surface area contributed by atoms with Gasteiger partial charge in [0.1, 0.15) is 6.04 Å². The summed E-state index contributed by atoms with van der Waals surface area (Å²) in [5.74, 6) is -0.0836. The highest BCUT2D eigenvalue weighted by Crippen LogP contribution is 2.10. The van der Waals surface area contributed by atoms with Crippen molar-refractivity contribution in [2.24, 2.45) is 5.92 Å². The molecule has 1 rings (SSSR count). The Kier molecular flexibility index (Phi) is 6.66. The molecule has 0 aliphatic carbocycles. The van der Waals surface area contributed by atoms with Gasteiger partial charge in [0.25, 0.3) is 5.91 Å². The van der Waals surface area contributed by atoms with Crippen LogP contribution in [0.1, 0.15) is 36.2 Å². The van der Waals surface area contributed by atoms with Crippen LogP contribution < -0.4 is 10.6 Å². The number of hydrogen-bond acceptors (Lipinski definition) is 2. The van der Waals surface area contributed by atoms with Crippen molar-refractivity contribution in [3.8, 4) is 0 Å². The van der Waals surface area contributed by atoms with Crippen LogP contribution in [-0.2, 0) is 4.79 Å². The summed E-state index contributed by atoms with van der Waals surface area (Å²) in [5, 5.41) is 5.57. The van der Waals surface area contributed by atoms with Gasteiger partial charge in [0.2, 0.25) is 5.91 Å². The summed E-state index contributed by atoms with van der Waals surface area (Å²) in [6.07, 6.45) is 2.22. The van der Waals surface area contributed by atoms with Gasteiger partial charge in [-0.2, -0.15) is 0 Å². The first-order valence-electron chi connectivity index (χ1n) is 7.20. The molecule has 0 aliphatic rings. The molecule has 1 atom stereocenters. The Balaban J connectivity index is 2.80. The number of nitrogens with one attached hydrogen (secondary N) is 2. The Labute approximate surface area is 126 Å². The van der Waals surface area contributed by atoms with Crippen LogP contribution in [0.5, 0.6) is 0 Å². The SMILES string of the molecule is C=CCNC(=O)[C@@H](CC(C)C)NC(=O)c1ccccc1C. The van der Waals surface area contributed by atoms with Gasteiger partial charge in [-0.3, -0.25) is 9.59 Å². The summed E-state index contributed by atoms with van der Waals surface area (Å²) >= 11 is 0. The third-order valence-electron chi connectivity index (χ3n) is 3.14. The number of carbonyl (C=O) groups excluding carboxylic acids is 2. The lowest BCUT2D eigenvalue weighted by Crippen LogP contribution is -2.47. The Hall–Kier alpha value is -2.10. The van der Waals surface area contributed by atoms with E-state index in [1.54, 1.807) is 12.1 Å². The summed E-state index contributed by atoms with van der Waals surface area (Å²) in [5.41, 5.74) is 1.49. The van der Waals surface area contributed by atoms with Gasteiger partial charge in [0.05, 0.1) is 0 Å². The largest absolute Gasteiger partial charge is 0.351 e. The summed E-state index contributed by atoms with van der Waals surface area (Å²) < 4.78 is 0. The molecular formula is C17H24N2O2. The van der Waals surface area contributed by atoms with Crippen LogP contribution in [0.15, 0.2) is 36.9 Å². The first-order valence-corrected chi connectivity index (χ1v) is 7.20. The lowest BCUT2D eigenvalue weighted by Gasteiger charge is -2.20. The molecule has 0 fully saturated rings. The summed E-state index contributed by atoms with van der Waals surface area (Å²) in [4.78, 5) is 24.4. The number of amides is 2. The Morgan fingerprint density at radius 3 is 2.52 bits per heavy atom. The number of rotatable bonds is 7. The quantitative estimate of drug-likeness (QED) is 0.757. The Morgan fingerprint density at radius 2 is 1.95 bits per heavy atom. The molecule has 1 aromatic rings. The lowest BCUT2D eigenvalue weighted by atomic mass is 10.0. The van der Waals surface area contributed by atoms with E-state index in [2.05, 4.69) is 17.2 Å². The van der Waals surface area contributed by atoms with E-state index < -0.39 is 6.04 Å². The van der Waals surface area contributed by atoms with Crippen molar-refractivity contribution >= 4 is 11.8 Å². The molecule has 21 heavy (non-hydrogen) atoms. The van der Waals surface area contributed by atoms with E-state index in [0.29, 0.717) is 24.4 Å². The van der Waals surface area contributed by atoms with Gasteiger partial charge in [-0.15, -0.1) is 6.58 Å². The Morgan fingerprint density at radius 1 is 1.29 bits per heavy atom. The molecule has 0 bridgehead atoms. The van der Waals surface area contributed by atoms with Crippen LogP contribution in [0, 0.1) is 12.8 Å². The molecule has 0 saturated heterocycles. The normalized spacial score (nSPS) is 11.8. The zero-order valence-electron chi connectivity index (χ0n) is 13.0. The van der Waals surface area contributed by atoms with Gasteiger partial charge in [0, 0.05) is 12.1 Å². The zero-order valence-corrected chi connectivity index (χ0v) is 13.0. The average molecular weight is 288 g/mol. The van der Waals surface area contributed by atoms with Crippen molar-refractivity contribution in [1.82, 2.24) is 10.6 Å². The second kappa shape index (κ2) is 8.25. The monoisotopic (exact) mass is 288 g/mol. The number of aryl methyl sites for hydroxylation is 1. The molecular weight excluding hydrogens is 264 g/mol. The summed E-state index contributed by atoms with van der Waals surface area (Å²) in [6, 6.07) is 6.81. The fourth-order valence-corrected chi connectivity index (χ4v) is 2.06. The van der Waals surface area contributed by atoms with Crippen molar-refractivity contribution in [2.75, 3.05) is 6.54 Å².